The van der Waals surface area contributed by atoms with Gasteiger partial charge < -0.3 is 19.3 Å². The summed E-state index contributed by atoms with van der Waals surface area (Å²) in [4.78, 5) is 12.2. The van der Waals surface area contributed by atoms with E-state index in [1.165, 1.54) is 38.6 Å². The van der Waals surface area contributed by atoms with Crippen LogP contribution in [0.2, 0.25) is 10.0 Å². The maximum Gasteiger partial charge on any atom is 0.271 e. The number of hydrogen-bond donors (Lipinski definition) is 2. The maximum atomic E-state index is 12.2. The summed E-state index contributed by atoms with van der Waals surface area (Å²) in [5, 5.41) is 14.1. The van der Waals surface area contributed by atoms with Gasteiger partial charge >= 0.3 is 0 Å². The molecule has 0 aliphatic carbocycles. The van der Waals surface area contributed by atoms with Crippen molar-refractivity contribution >= 4 is 35.3 Å². The molecule has 0 saturated heterocycles. The number of hydrogen-bond acceptors (Lipinski definition) is 6. The van der Waals surface area contributed by atoms with Gasteiger partial charge in [-0.2, -0.15) is 5.10 Å². The van der Waals surface area contributed by atoms with Gasteiger partial charge in [0.05, 0.1) is 25.5 Å². The van der Waals surface area contributed by atoms with Gasteiger partial charge in [-0.15, -0.1) is 0 Å². The molecule has 0 aliphatic heterocycles. The lowest BCUT2D eigenvalue weighted by atomic mass is 10.2. The zero-order chi connectivity index (χ0) is 22.4. The molecule has 0 aromatic heterocycles. The highest BCUT2D eigenvalue weighted by molar-refractivity contribution is 6.32. The van der Waals surface area contributed by atoms with Crippen LogP contribution < -0.4 is 19.6 Å². The summed E-state index contributed by atoms with van der Waals surface area (Å²) in [5.41, 5.74) is 3.24. The Balaban J connectivity index is 1.79. The number of nitrogens with one attached hydrogen (secondary N) is 1. The average molecular weight is 461 g/mol. The first-order valence-electron chi connectivity index (χ1n) is 8.92. The van der Waals surface area contributed by atoms with Crippen LogP contribution in [0.1, 0.15) is 15.9 Å². The van der Waals surface area contributed by atoms with Gasteiger partial charge in [0, 0.05) is 16.1 Å². The summed E-state index contributed by atoms with van der Waals surface area (Å²) in [6.45, 7) is 0. The number of aromatic hydroxyl groups is 1. The van der Waals surface area contributed by atoms with Crippen LogP contribution in [-0.2, 0) is 0 Å². The number of ether oxygens (including phenoxy) is 3. The van der Waals surface area contributed by atoms with Crippen LogP contribution in [0, 0.1) is 0 Å². The fraction of sp³-hybridized carbons (Fsp3) is 0.0909. The van der Waals surface area contributed by atoms with E-state index in [1.54, 1.807) is 36.4 Å². The molecule has 2 N–H and O–H groups in total. The predicted octanol–water partition coefficient (Wildman–Crippen LogP) is 5.27. The van der Waals surface area contributed by atoms with Gasteiger partial charge in [0.2, 0.25) is 5.75 Å². The molecule has 0 unspecified atom stereocenters. The second-order valence-corrected chi connectivity index (χ2v) is 7.02. The summed E-state index contributed by atoms with van der Waals surface area (Å²) >= 11 is 11.7. The van der Waals surface area contributed by atoms with Crippen LogP contribution in [0.5, 0.6) is 28.7 Å². The molecule has 9 heteroatoms. The summed E-state index contributed by atoms with van der Waals surface area (Å²) in [6.07, 6.45) is 1.43. The third-order valence-electron chi connectivity index (χ3n) is 4.11. The second-order valence-electron chi connectivity index (χ2n) is 6.18. The van der Waals surface area contributed by atoms with Crippen LogP contribution >= 0.6 is 23.2 Å². The van der Waals surface area contributed by atoms with Crippen molar-refractivity contribution in [1.82, 2.24) is 5.43 Å². The topological polar surface area (TPSA) is 89.4 Å². The highest BCUT2D eigenvalue weighted by Gasteiger charge is 2.15. The molecular weight excluding hydrogens is 443 g/mol. The fourth-order valence-electron chi connectivity index (χ4n) is 2.57. The monoisotopic (exact) mass is 460 g/mol. The van der Waals surface area contributed by atoms with Crippen molar-refractivity contribution in [3.8, 4) is 28.7 Å². The maximum absolute atomic E-state index is 12.2. The van der Waals surface area contributed by atoms with Gasteiger partial charge in [0.1, 0.15) is 11.5 Å². The van der Waals surface area contributed by atoms with E-state index in [0.29, 0.717) is 33.6 Å². The van der Waals surface area contributed by atoms with E-state index in [9.17, 15) is 9.90 Å². The fourth-order valence-corrected chi connectivity index (χ4v) is 2.88. The average Bonchev–Trinajstić information content (AvgIpc) is 2.77. The van der Waals surface area contributed by atoms with Crippen molar-refractivity contribution in [3.05, 3.63) is 75.8 Å². The molecule has 0 spiro atoms. The third-order valence-corrected chi connectivity index (χ3v) is 4.66. The van der Waals surface area contributed by atoms with Gasteiger partial charge in [0.25, 0.3) is 5.91 Å². The predicted molar refractivity (Wildman–Crippen MR) is 119 cm³/mol. The quantitative estimate of drug-likeness (QED) is 0.370. The minimum absolute atomic E-state index is 0.0716. The smallest absolute Gasteiger partial charge is 0.271 e. The van der Waals surface area contributed by atoms with Crippen molar-refractivity contribution in [3.63, 3.8) is 0 Å². The Labute approximate surface area is 188 Å². The van der Waals surface area contributed by atoms with E-state index in [1.807, 2.05) is 0 Å². The first-order valence-corrected chi connectivity index (χ1v) is 9.68. The normalized spacial score (nSPS) is 10.7. The van der Waals surface area contributed by atoms with Crippen LogP contribution in [0.4, 0.5) is 0 Å². The van der Waals surface area contributed by atoms with Crippen molar-refractivity contribution in [2.75, 3.05) is 14.2 Å². The molecular formula is C22H18Cl2N2O5. The zero-order valence-corrected chi connectivity index (χ0v) is 18.1. The van der Waals surface area contributed by atoms with Gasteiger partial charge in [-0.3, -0.25) is 4.79 Å². The molecule has 0 aliphatic rings. The van der Waals surface area contributed by atoms with Gasteiger partial charge in [-0.25, -0.2) is 5.43 Å². The number of phenols is 1. The molecule has 160 valence electrons. The molecule has 0 fully saturated rings. The highest BCUT2D eigenvalue weighted by Crippen LogP contribution is 2.41. The number of amides is 1. The number of hydrazone groups is 1. The van der Waals surface area contributed by atoms with E-state index in [4.69, 9.17) is 37.4 Å². The lowest BCUT2D eigenvalue weighted by Crippen LogP contribution is -2.17. The Bertz CT molecular complexity index is 1090. The minimum Gasteiger partial charge on any atom is -0.506 e. The van der Waals surface area contributed by atoms with Crippen molar-refractivity contribution < 1.29 is 24.1 Å². The first kappa shape index (κ1) is 22.3. The number of phenolic OH excluding ortho intramolecular Hbond substituents is 1. The molecule has 0 radical (unpaired) electrons. The van der Waals surface area contributed by atoms with E-state index >= 15 is 0 Å². The Morgan fingerprint density at radius 1 is 1.00 bits per heavy atom. The lowest BCUT2D eigenvalue weighted by molar-refractivity contribution is 0.0955. The lowest BCUT2D eigenvalue weighted by Gasteiger charge is -2.15. The number of benzene rings is 3. The summed E-state index contributed by atoms with van der Waals surface area (Å²) in [7, 11) is 3.00. The van der Waals surface area contributed by atoms with Gasteiger partial charge in [0.15, 0.2) is 11.5 Å². The summed E-state index contributed by atoms with van der Waals surface area (Å²) < 4.78 is 16.8. The van der Waals surface area contributed by atoms with Gasteiger partial charge in [-0.05, 0) is 54.6 Å². The molecule has 0 saturated carbocycles. The van der Waals surface area contributed by atoms with Crippen molar-refractivity contribution in [2.45, 2.75) is 0 Å². The van der Waals surface area contributed by atoms with Crippen molar-refractivity contribution in [1.29, 1.82) is 0 Å². The summed E-state index contributed by atoms with van der Waals surface area (Å²) in [6, 6.07) is 14.3. The molecule has 7 nitrogen and oxygen atoms in total. The zero-order valence-electron chi connectivity index (χ0n) is 16.6. The van der Waals surface area contributed by atoms with E-state index < -0.39 is 5.91 Å². The second kappa shape index (κ2) is 10.1. The number of carbonyl (C=O) groups excluding carboxylic acids is 1. The highest BCUT2D eigenvalue weighted by atomic mass is 35.5. The number of rotatable bonds is 7. The number of halogens is 2. The SMILES string of the molecule is COc1cc(C=NNC(=O)c2ccc(O)c(Cl)c2)cc(OC)c1Oc1ccc(Cl)cc1. The number of methoxy groups -OCH3 is 2. The van der Waals surface area contributed by atoms with Crippen LogP contribution in [0.15, 0.2) is 59.7 Å². The van der Waals surface area contributed by atoms with Crippen LogP contribution in [0.3, 0.4) is 0 Å². The van der Waals surface area contributed by atoms with Crippen LogP contribution in [0.25, 0.3) is 0 Å². The van der Waals surface area contributed by atoms with E-state index in [-0.39, 0.29) is 16.3 Å². The molecule has 3 aromatic rings. The Morgan fingerprint density at radius 3 is 2.23 bits per heavy atom. The summed E-state index contributed by atoms with van der Waals surface area (Å²) in [5.74, 6) is 1.16. The Hall–Kier alpha value is -3.42. The van der Waals surface area contributed by atoms with Crippen molar-refractivity contribution in [2.24, 2.45) is 5.10 Å². The minimum atomic E-state index is -0.486. The molecule has 1 amide bonds. The third kappa shape index (κ3) is 5.59. The first-order chi connectivity index (χ1) is 14.9. The van der Waals surface area contributed by atoms with Crippen LogP contribution in [-0.4, -0.2) is 31.4 Å². The number of nitrogens with zero attached hydrogens (tertiary/aromatic N) is 1. The van der Waals surface area contributed by atoms with Gasteiger partial charge in [-0.1, -0.05) is 23.2 Å². The molecule has 0 bridgehead atoms. The van der Waals surface area contributed by atoms with E-state index in [2.05, 4.69) is 10.5 Å². The molecule has 31 heavy (non-hydrogen) atoms. The Morgan fingerprint density at radius 2 is 1.65 bits per heavy atom. The van der Waals surface area contributed by atoms with E-state index in [0.717, 1.165) is 0 Å². The molecule has 3 aromatic carbocycles. The molecule has 0 heterocycles. The molecule has 0 atom stereocenters. The molecule has 3 rings (SSSR count). The largest absolute Gasteiger partial charge is 0.506 e. The number of carbonyl (C=O) groups is 1. The standard InChI is InChI=1S/C22H18Cl2N2O5/c1-29-19-9-13(12-25-26-22(28)14-3-8-18(27)17(24)11-14)10-20(30-2)21(19)31-16-6-4-15(23)5-7-16/h3-12,27H,1-2H3,(H,26,28). The Kier molecular flexibility index (Phi) is 7.23.